The Hall–Kier alpha value is -6.27. The van der Waals surface area contributed by atoms with Gasteiger partial charge in [0.2, 0.25) is 0 Å². The average molecular weight is 716 g/mol. The first kappa shape index (κ1) is 31.5. The van der Waals surface area contributed by atoms with E-state index in [1.807, 2.05) is 65.9 Å². The quantitative estimate of drug-likeness (QED) is 0.139. The van der Waals surface area contributed by atoms with Gasteiger partial charge in [-0.3, -0.25) is 5.41 Å². The number of nitrogens with one attached hydrogen (secondary N) is 1. The highest BCUT2D eigenvalue weighted by molar-refractivity contribution is 7.26. The molecule has 53 heavy (non-hydrogen) atoms. The topological polar surface area (TPSA) is 54.8 Å². The fraction of sp³-hybridized carbons (Fsp3) is 0.0208. The Bertz CT molecular complexity index is 3200. The molecule has 0 aliphatic heterocycles. The van der Waals surface area contributed by atoms with Crippen molar-refractivity contribution in [2.24, 2.45) is 0 Å². The standard InChI is InChI=1S/C33H21NS.C15H12N2S/c1-20-10-14-22(15-11-20)34-27-8-4-2-6-25(27)32-24-16-12-21-13-19-30-33(26-7-3-5-9-29(26)35-30)31(21)23(24)17-18-28(32)34;16-13(10-6-2-1-3-7-10)15-14(17)11-8-4-5-9-12(11)18-15/h2-19H,1H3;1-9,16H,17H2. The van der Waals surface area contributed by atoms with Crippen molar-refractivity contribution in [3.05, 3.63) is 180 Å². The van der Waals surface area contributed by atoms with Crippen LogP contribution in [0.25, 0.3) is 79.3 Å². The summed E-state index contributed by atoms with van der Waals surface area (Å²) in [4.78, 5) is 0.849. The molecule has 0 saturated heterocycles. The van der Waals surface area contributed by atoms with Gasteiger partial charge in [0.05, 0.1) is 27.3 Å². The van der Waals surface area contributed by atoms with Gasteiger partial charge in [-0.25, -0.2) is 0 Å². The summed E-state index contributed by atoms with van der Waals surface area (Å²) >= 11 is 3.47. The molecular weight excluding hydrogens is 683 g/mol. The maximum Gasteiger partial charge on any atom is 0.0805 e. The van der Waals surface area contributed by atoms with Crippen LogP contribution in [0, 0.1) is 12.3 Å². The van der Waals surface area contributed by atoms with E-state index in [4.69, 9.17) is 11.1 Å². The predicted molar refractivity (Wildman–Crippen MR) is 232 cm³/mol. The van der Waals surface area contributed by atoms with Gasteiger partial charge < -0.3 is 10.3 Å². The number of rotatable bonds is 3. The van der Waals surface area contributed by atoms with Gasteiger partial charge in [-0.15, -0.1) is 22.7 Å². The minimum absolute atomic E-state index is 0.495. The summed E-state index contributed by atoms with van der Waals surface area (Å²) in [5.41, 5.74) is 13.2. The molecule has 0 aliphatic rings. The summed E-state index contributed by atoms with van der Waals surface area (Å²) in [5.74, 6) is 0. The van der Waals surface area contributed by atoms with Crippen molar-refractivity contribution in [1.82, 2.24) is 4.57 Å². The second kappa shape index (κ2) is 12.4. The first-order chi connectivity index (χ1) is 26.0. The molecule has 3 nitrogen and oxygen atoms in total. The second-order valence-corrected chi connectivity index (χ2v) is 15.7. The van der Waals surface area contributed by atoms with Crippen LogP contribution in [-0.2, 0) is 0 Å². The molecular formula is C48H33N3S2. The molecule has 8 aromatic carbocycles. The van der Waals surface area contributed by atoms with Gasteiger partial charge in [0.25, 0.3) is 0 Å². The van der Waals surface area contributed by atoms with Gasteiger partial charge in [0, 0.05) is 52.3 Å². The molecule has 0 aliphatic carbocycles. The third-order valence-electron chi connectivity index (χ3n) is 10.4. The zero-order valence-corrected chi connectivity index (χ0v) is 30.6. The van der Waals surface area contributed by atoms with Crippen LogP contribution in [0.5, 0.6) is 0 Å². The average Bonchev–Trinajstić information content (AvgIpc) is 3.88. The zero-order valence-electron chi connectivity index (χ0n) is 28.9. The van der Waals surface area contributed by atoms with Crippen LogP contribution < -0.4 is 5.73 Å². The van der Waals surface area contributed by atoms with Gasteiger partial charge in [-0.2, -0.15) is 0 Å². The minimum Gasteiger partial charge on any atom is -0.397 e. The number of hydrogen-bond acceptors (Lipinski definition) is 4. The number of anilines is 1. The summed E-state index contributed by atoms with van der Waals surface area (Å²) in [5, 5.41) is 20.0. The van der Waals surface area contributed by atoms with Crippen LogP contribution in [0.3, 0.4) is 0 Å². The van der Waals surface area contributed by atoms with Crippen molar-refractivity contribution in [2.75, 3.05) is 5.73 Å². The van der Waals surface area contributed by atoms with Gasteiger partial charge >= 0.3 is 0 Å². The predicted octanol–water partition coefficient (Wildman–Crippen LogP) is 13.7. The van der Waals surface area contributed by atoms with Crippen LogP contribution in [0.1, 0.15) is 16.0 Å². The van der Waals surface area contributed by atoms with E-state index in [9.17, 15) is 0 Å². The van der Waals surface area contributed by atoms with E-state index >= 15 is 0 Å². The van der Waals surface area contributed by atoms with E-state index in [0.717, 1.165) is 20.5 Å². The van der Waals surface area contributed by atoms with E-state index in [0.29, 0.717) is 11.4 Å². The van der Waals surface area contributed by atoms with E-state index < -0.39 is 0 Å². The molecule has 11 aromatic rings. The van der Waals surface area contributed by atoms with E-state index in [1.54, 1.807) is 11.3 Å². The number of nitrogen functional groups attached to an aromatic ring is 1. The number of hydrogen-bond donors (Lipinski definition) is 2. The molecule has 3 aromatic heterocycles. The SMILES string of the molecule is Cc1ccc(-n2c3ccccc3c3c4ccc5ccc6sc7ccccc7c6c5c4ccc32)cc1.N=C(c1ccccc1)c1sc2ccccc2c1N. The Morgan fingerprint density at radius 3 is 1.89 bits per heavy atom. The van der Waals surface area contributed by atoms with Crippen LogP contribution in [0.4, 0.5) is 5.69 Å². The van der Waals surface area contributed by atoms with Crippen LogP contribution in [-0.4, -0.2) is 10.3 Å². The zero-order chi connectivity index (χ0) is 35.6. The minimum atomic E-state index is 0.495. The Morgan fingerprint density at radius 1 is 0.491 bits per heavy atom. The van der Waals surface area contributed by atoms with Crippen LogP contribution >= 0.6 is 22.7 Å². The maximum absolute atomic E-state index is 8.27. The maximum atomic E-state index is 8.27. The van der Waals surface area contributed by atoms with E-state index in [2.05, 4.69) is 121 Å². The number of para-hydroxylation sites is 1. The van der Waals surface area contributed by atoms with Crippen molar-refractivity contribution in [3.63, 3.8) is 0 Å². The third kappa shape index (κ3) is 5.04. The monoisotopic (exact) mass is 715 g/mol. The van der Waals surface area contributed by atoms with Crippen molar-refractivity contribution in [1.29, 1.82) is 5.41 Å². The molecule has 3 heterocycles. The number of aromatic nitrogens is 1. The van der Waals surface area contributed by atoms with Crippen molar-refractivity contribution >= 4 is 108 Å². The largest absolute Gasteiger partial charge is 0.397 e. The molecule has 11 rings (SSSR count). The second-order valence-electron chi connectivity index (χ2n) is 13.5. The molecule has 0 unspecified atom stereocenters. The Balaban J connectivity index is 0.000000164. The number of nitrogens with two attached hydrogens (primary N) is 1. The Morgan fingerprint density at radius 2 is 1.11 bits per heavy atom. The van der Waals surface area contributed by atoms with Crippen LogP contribution in [0.15, 0.2) is 164 Å². The molecule has 0 radical (unpaired) electrons. The lowest BCUT2D eigenvalue weighted by molar-refractivity contribution is 1.18. The number of thiophene rings is 2. The fourth-order valence-corrected chi connectivity index (χ4v) is 10.1. The Labute approximate surface area is 314 Å². The molecule has 252 valence electrons. The summed E-state index contributed by atoms with van der Waals surface area (Å²) < 4.78 is 6.25. The molecule has 5 heteroatoms. The number of aryl methyl sites for hydroxylation is 1. The summed E-state index contributed by atoms with van der Waals surface area (Å²) in [6.07, 6.45) is 0. The van der Waals surface area contributed by atoms with Gasteiger partial charge in [-0.05, 0) is 70.9 Å². The van der Waals surface area contributed by atoms with Crippen molar-refractivity contribution < 1.29 is 0 Å². The normalized spacial score (nSPS) is 11.6. The highest BCUT2D eigenvalue weighted by atomic mass is 32.1. The fourth-order valence-electron chi connectivity index (χ4n) is 7.87. The summed E-state index contributed by atoms with van der Waals surface area (Å²) in [6.45, 7) is 2.14. The highest BCUT2D eigenvalue weighted by Crippen LogP contribution is 2.44. The number of fused-ring (bicyclic) bond motifs is 12. The highest BCUT2D eigenvalue weighted by Gasteiger charge is 2.18. The first-order valence-electron chi connectivity index (χ1n) is 17.7. The van der Waals surface area contributed by atoms with E-state index in [1.165, 1.54) is 74.8 Å². The van der Waals surface area contributed by atoms with Gasteiger partial charge in [0.1, 0.15) is 0 Å². The molecule has 0 spiro atoms. The smallest absolute Gasteiger partial charge is 0.0805 e. The lowest BCUT2D eigenvalue weighted by atomic mass is 9.95. The molecule has 0 bridgehead atoms. The van der Waals surface area contributed by atoms with Crippen LogP contribution in [0.2, 0.25) is 0 Å². The lowest BCUT2D eigenvalue weighted by Gasteiger charge is -2.10. The number of nitrogens with zero attached hydrogens (tertiary/aromatic N) is 1. The molecule has 0 saturated carbocycles. The van der Waals surface area contributed by atoms with E-state index in [-0.39, 0.29) is 0 Å². The molecule has 0 amide bonds. The summed E-state index contributed by atoms with van der Waals surface area (Å²) in [6, 6.07) is 58.1. The van der Waals surface area contributed by atoms with Crippen molar-refractivity contribution in [3.8, 4) is 5.69 Å². The summed E-state index contributed by atoms with van der Waals surface area (Å²) in [7, 11) is 0. The van der Waals surface area contributed by atoms with Crippen molar-refractivity contribution in [2.45, 2.75) is 6.92 Å². The Kier molecular flexibility index (Phi) is 7.39. The van der Waals surface area contributed by atoms with Gasteiger partial charge in [-0.1, -0.05) is 127 Å². The third-order valence-corrected chi connectivity index (χ3v) is 12.7. The first-order valence-corrected chi connectivity index (χ1v) is 19.4. The molecule has 0 atom stereocenters. The number of benzene rings is 8. The molecule has 0 fully saturated rings. The lowest BCUT2D eigenvalue weighted by Crippen LogP contribution is -2.01. The van der Waals surface area contributed by atoms with Gasteiger partial charge in [0.15, 0.2) is 0 Å². The molecule has 3 N–H and O–H groups in total.